The van der Waals surface area contributed by atoms with Gasteiger partial charge >= 0.3 is 0 Å². The molecule has 108 valence electrons. The third kappa shape index (κ3) is 2.44. The van der Waals surface area contributed by atoms with Crippen molar-refractivity contribution in [2.75, 3.05) is 11.4 Å². The van der Waals surface area contributed by atoms with Gasteiger partial charge in [0, 0.05) is 12.6 Å². The molecular formula is C15H22N4O. The van der Waals surface area contributed by atoms with Crippen LogP contribution in [0.15, 0.2) is 23.4 Å². The number of hydrogen-bond donors (Lipinski definition) is 2. The average Bonchev–Trinajstić information content (AvgIpc) is 2.53. The third-order valence-electron chi connectivity index (χ3n) is 4.64. The summed E-state index contributed by atoms with van der Waals surface area (Å²) in [4.78, 5) is 7.00. The van der Waals surface area contributed by atoms with E-state index in [-0.39, 0.29) is 5.84 Å². The van der Waals surface area contributed by atoms with Gasteiger partial charge in [-0.05, 0) is 43.7 Å². The molecule has 2 aliphatic rings. The van der Waals surface area contributed by atoms with Crippen LogP contribution in [0.3, 0.4) is 0 Å². The van der Waals surface area contributed by atoms with E-state index in [1.807, 2.05) is 12.1 Å². The quantitative estimate of drug-likeness (QED) is 0.376. The smallest absolute Gasteiger partial charge is 0.188 e. The average molecular weight is 274 g/mol. The van der Waals surface area contributed by atoms with Gasteiger partial charge in [-0.3, -0.25) is 0 Å². The summed E-state index contributed by atoms with van der Waals surface area (Å²) in [7, 11) is 0. The summed E-state index contributed by atoms with van der Waals surface area (Å²) < 4.78 is 0. The molecule has 5 heteroatoms. The second-order valence-electron chi connectivity index (χ2n) is 5.81. The Balaban J connectivity index is 1.87. The van der Waals surface area contributed by atoms with Crippen LogP contribution in [-0.2, 0) is 0 Å². The number of amidine groups is 1. The summed E-state index contributed by atoms with van der Waals surface area (Å²) in [6.07, 6.45) is 7.88. The normalized spacial score (nSPS) is 27.2. The second-order valence-corrected chi connectivity index (χ2v) is 5.81. The van der Waals surface area contributed by atoms with Gasteiger partial charge in [-0.1, -0.05) is 24.1 Å². The van der Waals surface area contributed by atoms with E-state index in [1.165, 1.54) is 38.5 Å². The monoisotopic (exact) mass is 274 g/mol. The van der Waals surface area contributed by atoms with Crippen LogP contribution >= 0.6 is 0 Å². The molecule has 5 nitrogen and oxygen atoms in total. The zero-order valence-electron chi connectivity index (χ0n) is 11.7. The molecule has 20 heavy (non-hydrogen) atoms. The van der Waals surface area contributed by atoms with E-state index >= 15 is 0 Å². The van der Waals surface area contributed by atoms with Crippen LogP contribution in [0.4, 0.5) is 5.82 Å². The Hall–Kier alpha value is -1.78. The molecule has 2 unspecified atom stereocenters. The number of hydrogen-bond acceptors (Lipinski definition) is 4. The van der Waals surface area contributed by atoms with E-state index in [4.69, 9.17) is 10.9 Å². The number of rotatable bonds is 2. The lowest BCUT2D eigenvalue weighted by Crippen LogP contribution is -2.47. The fourth-order valence-corrected chi connectivity index (χ4v) is 3.69. The standard InChI is InChI=1S/C15H22N4O/c16-15(18-20)12-7-3-9-14(17-12)19-10-4-6-11-5-1-2-8-13(11)19/h3,7,9,11,13,20H,1-2,4-6,8,10H2,(H2,16,18). The Morgan fingerprint density at radius 3 is 2.90 bits per heavy atom. The van der Waals surface area contributed by atoms with Gasteiger partial charge in [0.05, 0.1) is 0 Å². The Kier molecular flexibility index (Phi) is 3.76. The second kappa shape index (κ2) is 5.69. The molecule has 1 aliphatic heterocycles. The van der Waals surface area contributed by atoms with Gasteiger partial charge in [-0.15, -0.1) is 0 Å². The SMILES string of the molecule is NC(=NO)c1cccc(N2CCCC3CCCCC32)n1. The number of anilines is 1. The van der Waals surface area contributed by atoms with Crippen LogP contribution < -0.4 is 10.6 Å². The molecule has 1 aliphatic carbocycles. The Morgan fingerprint density at radius 2 is 2.05 bits per heavy atom. The maximum Gasteiger partial charge on any atom is 0.188 e. The topological polar surface area (TPSA) is 74.7 Å². The van der Waals surface area contributed by atoms with Gasteiger partial charge in [0.15, 0.2) is 5.84 Å². The van der Waals surface area contributed by atoms with Crippen molar-refractivity contribution in [1.82, 2.24) is 4.98 Å². The lowest BCUT2D eigenvalue weighted by molar-refractivity contribution is 0.242. The number of aromatic nitrogens is 1. The molecule has 0 amide bonds. The van der Waals surface area contributed by atoms with Crippen molar-refractivity contribution < 1.29 is 5.21 Å². The lowest BCUT2D eigenvalue weighted by atomic mass is 9.78. The minimum atomic E-state index is 0.0732. The highest BCUT2D eigenvalue weighted by molar-refractivity contribution is 5.95. The van der Waals surface area contributed by atoms with Crippen molar-refractivity contribution >= 4 is 11.7 Å². The maximum absolute atomic E-state index is 8.79. The first-order chi connectivity index (χ1) is 9.79. The van der Waals surface area contributed by atoms with Crippen molar-refractivity contribution in [3.8, 4) is 0 Å². The lowest BCUT2D eigenvalue weighted by Gasteiger charge is -2.44. The van der Waals surface area contributed by atoms with Crippen LogP contribution in [0.5, 0.6) is 0 Å². The third-order valence-corrected chi connectivity index (χ3v) is 4.64. The fourth-order valence-electron chi connectivity index (χ4n) is 3.69. The molecule has 0 aromatic carbocycles. The molecule has 0 bridgehead atoms. The minimum Gasteiger partial charge on any atom is -0.409 e. The van der Waals surface area contributed by atoms with Crippen LogP contribution in [-0.4, -0.2) is 28.6 Å². The molecule has 1 saturated heterocycles. The van der Waals surface area contributed by atoms with Crippen LogP contribution in [0.1, 0.15) is 44.2 Å². The van der Waals surface area contributed by atoms with Gasteiger partial charge in [-0.25, -0.2) is 4.98 Å². The Labute approximate surface area is 119 Å². The van der Waals surface area contributed by atoms with Gasteiger partial charge in [-0.2, -0.15) is 0 Å². The van der Waals surface area contributed by atoms with E-state index in [1.54, 1.807) is 6.07 Å². The largest absolute Gasteiger partial charge is 0.409 e. The first-order valence-corrected chi connectivity index (χ1v) is 7.51. The Bertz CT molecular complexity index is 500. The van der Waals surface area contributed by atoms with Gasteiger partial charge in [0.2, 0.25) is 0 Å². The highest BCUT2D eigenvalue weighted by Crippen LogP contribution is 2.37. The molecule has 0 radical (unpaired) electrons. The van der Waals surface area contributed by atoms with E-state index in [9.17, 15) is 0 Å². The highest BCUT2D eigenvalue weighted by Gasteiger charge is 2.33. The summed E-state index contributed by atoms with van der Waals surface area (Å²) in [6, 6.07) is 6.36. The van der Waals surface area contributed by atoms with Gasteiger partial charge in [0.25, 0.3) is 0 Å². The molecule has 3 rings (SSSR count). The first-order valence-electron chi connectivity index (χ1n) is 7.51. The van der Waals surface area contributed by atoms with Crippen LogP contribution in [0.25, 0.3) is 0 Å². The molecule has 2 fully saturated rings. The molecule has 1 aromatic rings. The number of oxime groups is 1. The summed E-state index contributed by atoms with van der Waals surface area (Å²) in [6.45, 7) is 1.06. The number of piperidine rings is 1. The molecule has 1 aromatic heterocycles. The number of nitrogens with two attached hydrogens (primary N) is 1. The van der Waals surface area contributed by atoms with Gasteiger partial charge in [0.1, 0.15) is 11.5 Å². The zero-order valence-corrected chi connectivity index (χ0v) is 11.7. The van der Waals surface area contributed by atoms with Crippen LogP contribution in [0.2, 0.25) is 0 Å². The highest BCUT2D eigenvalue weighted by atomic mass is 16.4. The summed E-state index contributed by atoms with van der Waals surface area (Å²) >= 11 is 0. The number of fused-ring (bicyclic) bond motifs is 1. The zero-order chi connectivity index (χ0) is 13.9. The van der Waals surface area contributed by atoms with E-state index < -0.39 is 0 Å². The van der Waals surface area contributed by atoms with Gasteiger partial charge < -0.3 is 15.8 Å². The summed E-state index contributed by atoms with van der Waals surface area (Å²) in [5.74, 6) is 1.85. The van der Waals surface area contributed by atoms with Crippen molar-refractivity contribution in [3.63, 3.8) is 0 Å². The number of pyridine rings is 1. The molecule has 1 saturated carbocycles. The van der Waals surface area contributed by atoms with E-state index in [0.29, 0.717) is 11.7 Å². The maximum atomic E-state index is 8.79. The van der Waals surface area contributed by atoms with Crippen molar-refractivity contribution in [1.29, 1.82) is 0 Å². The first kappa shape index (κ1) is 13.2. The number of nitrogens with zero attached hydrogens (tertiary/aromatic N) is 3. The van der Waals surface area contributed by atoms with E-state index in [2.05, 4.69) is 15.0 Å². The molecule has 0 spiro atoms. The minimum absolute atomic E-state index is 0.0732. The summed E-state index contributed by atoms with van der Waals surface area (Å²) in [5, 5.41) is 11.8. The predicted molar refractivity (Wildman–Crippen MR) is 79.1 cm³/mol. The van der Waals surface area contributed by atoms with Crippen molar-refractivity contribution in [3.05, 3.63) is 23.9 Å². The predicted octanol–water partition coefficient (Wildman–Crippen LogP) is 2.34. The van der Waals surface area contributed by atoms with Crippen molar-refractivity contribution in [2.45, 2.75) is 44.6 Å². The van der Waals surface area contributed by atoms with E-state index in [0.717, 1.165) is 18.3 Å². The summed E-state index contributed by atoms with van der Waals surface area (Å²) in [5.41, 5.74) is 6.19. The molecule has 3 N–H and O–H groups in total. The molecule has 2 atom stereocenters. The molecule has 2 heterocycles. The Morgan fingerprint density at radius 1 is 1.25 bits per heavy atom. The van der Waals surface area contributed by atoms with Crippen LogP contribution in [0, 0.1) is 5.92 Å². The fraction of sp³-hybridized carbons (Fsp3) is 0.600. The van der Waals surface area contributed by atoms with Crippen molar-refractivity contribution in [2.24, 2.45) is 16.8 Å². The molecular weight excluding hydrogens is 252 g/mol.